The average Bonchev–Trinajstić information content (AvgIpc) is 3.24. The number of guanidine groups is 1. The van der Waals surface area contributed by atoms with E-state index in [0.29, 0.717) is 6.61 Å². The summed E-state index contributed by atoms with van der Waals surface area (Å²) < 4.78 is 8.32. The molecule has 0 radical (unpaired) electrons. The van der Waals surface area contributed by atoms with E-state index in [2.05, 4.69) is 81.1 Å². The van der Waals surface area contributed by atoms with E-state index in [1.165, 1.54) is 22.3 Å². The van der Waals surface area contributed by atoms with E-state index in [-0.39, 0.29) is 30.1 Å². The van der Waals surface area contributed by atoms with Crippen LogP contribution in [0.4, 0.5) is 0 Å². The van der Waals surface area contributed by atoms with Gasteiger partial charge in [0.05, 0.1) is 13.2 Å². The molecule has 1 aromatic heterocycles. The minimum Gasteiger partial charge on any atom is -0.370 e. The Labute approximate surface area is 214 Å². The van der Waals surface area contributed by atoms with Crippen molar-refractivity contribution in [3.63, 3.8) is 0 Å². The summed E-state index contributed by atoms with van der Waals surface area (Å²) in [7, 11) is 1.85. The number of nitrogens with zero attached hydrogens (tertiary/aromatic N) is 4. The monoisotopic (exact) mass is 559 g/mol. The fraction of sp³-hybridized carbons (Fsp3) is 0.385. The van der Waals surface area contributed by atoms with Gasteiger partial charge < -0.3 is 19.5 Å². The molecule has 1 fully saturated rings. The second-order valence-electron chi connectivity index (χ2n) is 8.35. The molecule has 176 valence electrons. The average molecular weight is 559 g/mol. The fourth-order valence-electron chi connectivity index (χ4n) is 4.33. The number of ether oxygens (including phenoxy) is 1. The molecule has 6 nitrogen and oxygen atoms in total. The van der Waals surface area contributed by atoms with Gasteiger partial charge in [-0.05, 0) is 30.5 Å². The molecule has 0 saturated carbocycles. The molecule has 1 aliphatic rings. The molecule has 1 saturated heterocycles. The lowest BCUT2D eigenvalue weighted by atomic mass is 10.00. The minimum atomic E-state index is 0. The van der Waals surface area contributed by atoms with E-state index in [9.17, 15) is 0 Å². The topological polar surface area (TPSA) is 54.7 Å². The van der Waals surface area contributed by atoms with Crippen molar-refractivity contribution in [3.05, 3.63) is 89.0 Å². The van der Waals surface area contributed by atoms with Crippen molar-refractivity contribution in [2.24, 2.45) is 4.99 Å². The summed E-state index contributed by atoms with van der Waals surface area (Å²) >= 11 is 0. The molecule has 33 heavy (non-hydrogen) atoms. The van der Waals surface area contributed by atoms with Gasteiger partial charge in [0, 0.05) is 45.5 Å². The summed E-state index contributed by atoms with van der Waals surface area (Å²) in [4.78, 5) is 11.4. The molecule has 0 bridgehead atoms. The van der Waals surface area contributed by atoms with Gasteiger partial charge in [-0.3, -0.25) is 4.99 Å². The van der Waals surface area contributed by atoms with Crippen LogP contribution in [0.25, 0.3) is 0 Å². The molecule has 3 aromatic rings. The highest BCUT2D eigenvalue weighted by molar-refractivity contribution is 14.0. The van der Waals surface area contributed by atoms with E-state index < -0.39 is 0 Å². The van der Waals surface area contributed by atoms with Crippen molar-refractivity contribution in [1.29, 1.82) is 0 Å². The van der Waals surface area contributed by atoms with Gasteiger partial charge >= 0.3 is 0 Å². The molecule has 1 atom stereocenters. The quantitative estimate of drug-likeness (QED) is 0.277. The van der Waals surface area contributed by atoms with Gasteiger partial charge in [-0.25, -0.2) is 4.98 Å². The highest BCUT2D eigenvalue weighted by Crippen LogP contribution is 2.25. The van der Waals surface area contributed by atoms with Gasteiger partial charge in [-0.15, -0.1) is 24.0 Å². The Kier molecular flexibility index (Phi) is 9.31. The van der Waals surface area contributed by atoms with E-state index in [4.69, 9.17) is 4.74 Å². The Bertz CT molecular complexity index is 1050. The number of aryl methyl sites for hydroxylation is 2. The van der Waals surface area contributed by atoms with E-state index in [0.717, 1.165) is 44.4 Å². The lowest BCUT2D eigenvalue weighted by Crippen LogP contribution is -2.48. The maximum Gasteiger partial charge on any atom is 0.193 e. The Morgan fingerprint density at radius 3 is 2.76 bits per heavy atom. The summed E-state index contributed by atoms with van der Waals surface area (Å²) in [5.74, 6) is 2.00. The predicted octanol–water partition coefficient (Wildman–Crippen LogP) is 4.36. The lowest BCUT2D eigenvalue weighted by molar-refractivity contribution is -0.00830. The van der Waals surface area contributed by atoms with E-state index in [1.54, 1.807) is 0 Å². The maximum atomic E-state index is 6.11. The molecule has 7 heteroatoms. The molecular formula is C26H34IN5O. The zero-order chi connectivity index (χ0) is 22.3. The number of rotatable bonds is 6. The third-order valence-electron chi connectivity index (χ3n) is 5.98. The molecule has 1 N–H and O–H groups in total. The number of hydrogen-bond acceptors (Lipinski definition) is 3. The van der Waals surface area contributed by atoms with Crippen LogP contribution < -0.4 is 5.32 Å². The molecule has 0 aliphatic carbocycles. The predicted molar refractivity (Wildman–Crippen MR) is 144 cm³/mol. The van der Waals surface area contributed by atoms with Crippen LogP contribution in [0.1, 0.15) is 34.2 Å². The summed E-state index contributed by atoms with van der Waals surface area (Å²) in [6.07, 6.45) is 4.83. The highest BCUT2D eigenvalue weighted by Gasteiger charge is 2.25. The standard InChI is InChI=1S/C26H33N5O.HI/c1-20-9-10-23(21(2)17-20)24-19-31(15-16-32-24)26(27-3)29-12-11-25-28-13-14-30(25)18-22-7-5-4-6-8-22;/h4-10,13-14,17,24H,11-12,15-16,18-19H2,1-3H3,(H,27,29);1H. The number of imidazole rings is 1. The summed E-state index contributed by atoms with van der Waals surface area (Å²) in [5.41, 5.74) is 5.10. The molecule has 2 heterocycles. The molecule has 1 unspecified atom stereocenters. The van der Waals surface area contributed by atoms with Crippen molar-refractivity contribution in [1.82, 2.24) is 19.8 Å². The van der Waals surface area contributed by atoms with E-state index in [1.807, 2.05) is 25.5 Å². The van der Waals surface area contributed by atoms with Gasteiger partial charge in [0.2, 0.25) is 0 Å². The fourth-order valence-corrected chi connectivity index (χ4v) is 4.33. The largest absolute Gasteiger partial charge is 0.370 e. The van der Waals surface area contributed by atoms with Crippen LogP contribution in [0, 0.1) is 13.8 Å². The van der Waals surface area contributed by atoms with Gasteiger partial charge in [-0.2, -0.15) is 0 Å². The van der Waals surface area contributed by atoms with Crippen molar-refractivity contribution < 1.29 is 4.74 Å². The summed E-state index contributed by atoms with van der Waals surface area (Å²) in [5, 5.41) is 3.53. The number of hydrogen-bond donors (Lipinski definition) is 1. The first-order chi connectivity index (χ1) is 15.6. The number of benzene rings is 2. The minimum absolute atomic E-state index is 0. The van der Waals surface area contributed by atoms with Crippen LogP contribution in [0.3, 0.4) is 0 Å². The molecule has 1 aliphatic heterocycles. The van der Waals surface area contributed by atoms with Crippen molar-refractivity contribution in [3.8, 4) is 0 Å². The number of halogens is 1. The van der Waals surface area contributed by atoms with Crippen LogP contribution >= 0.6 is 24.0 Å². The SMILES string of the molecule is CN=C(NCCc1nccn1Cc1ccccc1)N1CCOC(c2ccc(C)cc2C)C1.I. The maximum absolute atomic E-state index is 6.11. The normalized spacial score (nSPS) is 16.4. The van der Waals surface area contributed by atoms with Crippen LogP contribution in [0.15, 0.2) is 65.9 Å². The molecule has 4 rings (SSSR count). The Balaban J connectivity index is 0.00000306. The van der Waals surface area contributed by atoms with E-state index >= 15 is 0 Å². The van der Waals surface area contributed by atoms with Crippen molar-refractivity contribution in [2.45, 2.75) is 32.9 Å². The summed E-state index contributed by atoms with van der Waals surface area (Å²) in [6.45, 7) is 8.24. The Hall–Kier alpha value is -2.39. The first kappa shape index (κ1) is 25.2. The van der Waals surface area contributed by atoms with Crippen LogP contribution in [0.2, 0.25) is 0 Å². The molecular weight excluding hydrogens is 525 g/mol. The van der Waals surface area contributed by atoms with Crippen molar-refractivity contribution in [2.75, 3.05) is 33.3 Å². The highest BCUT2D eigenvalue weighted by atomic mass is 127. The van der Waals surface area contributed by atoms with Gasteiger partial charge in [0.1, 0.15) is 11.9 Å². The number of morpholine rings is 1. The third-order valence-corrected chi connectivity index (χ3v) is 5.98. The Morgan fingerprint density at radius 1 is 1.18 bits per heavy atom. The third kappa shape index (κ3) is 6.57. The second-order valence-corrected chi connectivity index (χ2v) is 8.35. The van der Waals surface area contributed by atoms with Crippen LogP contribution in [-0.4, -0.2) is 53.7 Å². The van der Waals surface area contributed by atoms with Gasteiger partial charge in [0.25, 0.3) is 0 Å². The smallest absolute Gasteiger partial charge is 0.193 e. The number of aromatic nitrogens is 2. The zero-order valence-electron chi connectivity index (χ0n) is 19.7. The summed E-state index contributed by atoms with van der Waals surface area (Å²) in [6, 6.07) is 17.1. The number of aliphatic imine (C=N–C) groups is 1. The Morgan fingerprint density at radius 2 is 2.00 bits per heavy atom. The van der Waals surface area contributed by atoms with Gasteiger partial charge in [-0.1, -0.05) is 54.1 Å². The molecule has 2 aromatic carbocycles. The molecule has 0 amide bonds. The first-order valence-electron chi connectivity index (χ1n) is 11.3. The van der Waals surface area contributed by atoms with Gasteiger partial charge in [0.15, 0.2) is 5.96 Å². The second kappa shape index (κ2) is 12.2. The number of nitrogens with one attached hydrogen (secondary N) is 1. The first-order valence-corrected chi connectivity index (χ1v) is 11.3. The van der Waals surface area contributed by atoms with Crippen molar-refractivity contribution >= 4 is 29.9 Å². The van der Waals surface area contributed by atoms with Crippen LogP contribution in [0.5, 0.6) is 0 Å². The molecule has 0 spiro atoms. The lowest BCUT2D eigenvalue weighted by Gasteiger charge is -2.35. The van der Waals surface area contributed by atoms with Crippen LogP contribution in [-0.2, 0) is 17.7 Å². The zero-order valence-corrected chi connectivity index (χ0v) is 22.0.